The van der Waals surface area contributed by atoms with Gasteiger partial charge >= 0.3 is 0 Å². The van der Waals surface area contributed by atoms with Crippen molar-refractivity contribution in [1.82, 2.24) is 10.2 Å². The fourth-order valence-electron chi connectivity index (χ4n) is 2.62. The Hall–Kier alpha value is -2.58. The van der Waals surface area contributed by atoms with Gasteiger partial charge in [0, 0.05) is 22.4 Å². The molecule has 1 aliphatic heterocycles. The van der Waals surface area contributed by atoms with E-state index in [9.17, 15) is 4.39 Å². The van der Waals surface area contributed by atoms with Crippen molar-refractivity contribution >= 4 is 11.8 Å². The number of fused-ring (bicyclic) bond motifs is 1. The molecule has 1 aliphatic rings. The van der Waals surface area contributed by atoms with E-state index in [0.29, 0.717) is 34.8 Å². The molecule has 4 rings (SSSR count). The number of benzene rings is 2. The predicted molar refractivity (Wildman–Crippen MR) is 92.5 cm³/mol. The predicted octanol–water partition coefficient (Wildman–Crippen LogP) is 4.04. The molecule has 0 N–H and O–H groups in total. The number of aromatic nitrogens is 2. The van der Waals surface area contributed by atoms with Crippen LogP contribution in [0.25, 0.3) is 11.5 Å². The third-order valence-electron chi connectivity index (χ3n) is 3.85. The highest BCUT2D eigenvalue weighted by molar-refractivity contribution is 7.98. The highest BCUT2D eigenvalue weighted by atomic mass is 32.2. The number of methoxy groups -OCH3 is 1. The first kappa shape index (κ1) is 16.9. The summed E-state index contributed by atoms with van der Waals surface area (Å²) in [7, 11) is 1.61. The van der Waals surface area contributed by atoms with Crippen molar-refractivity contribution in [3.8, 4) is 23.0 Å². The van der Waals surface area contributed by atoms with E-state index in [2.05, 4.69) is 10.2 Å². The first-order valence-electron chi connectivity index (χ1n) is 7.85. The van der Waals surface area contributed by atoms with Crippen LogP contribution in [0.15, 0.2) is 46.0 Å². The molecule has 0 aliphatic carbocycles. The molecule has 3 aromatic rings. The van der Waals surface area contributed by atoms with Crippen molar-refractivity contribution in [2.75, 3.05) is 13.9 Å². The smallest absolute Gasteiger partial charge is 0.277 e. The fourth-order valence-corrected chi connectivity index (χ4v) is 3.35. The molecule has 0 bridgehead atoms. The van der Waals surface area contributed by atoms with E-state index in [0.717, 1.165) is 16.9 Å². The molecule has 0 radical (unpaired) electrons. The summed E-state index contributed by atoms with van der Waals surface area (Å²) < 4.78 is 35.3. The molecule has 0 fully saturated rings. The molecule has 6 nitrogen and oxygen atoms in total. The molecule has 8 heteroatoms. The van der Waals surface area contributed by atoms with E-state index in [1.165, 1.54) is 23.9 Å². The van der Waals surface area contributed by atoms with Crippen LogP contribution in [0.4, 0.5) is 4.39 Å². The van der Waals surface area contributed by atoms with Crippen molar-refractivity contribution < 1.29 is 23.0 Å². The summed E-state index contributed by atoms with van der Waals surface area (Å²) in [6, 6.07) is 10.2. The standard InChI is InChI=1S/C18H15FN2O4S/c1-22-15-4-2-11(3-5-15)17-20-21-18(25-17)26-9-13-7-14(19)6-12-8-23-10-24-16(12)13/h2-7H,8-10H2,1H3. The van der Waals surface area contributed by atoms with Gasteiger partial charge in [-0.15, -0.1) is 10.2 Å². The van der Waals surface area contributed by atoms with Gasteiger partial charge < -0.3 is 18.6 Å². The van der Waals surface area contributed by atoms with Gasteiger partial charge in [-0.2, -0.15) is 0 Å². The zero-order valence-corrected chi connectivity index (χ0v) is 14.7. The molecule has 0 amide bonds. The first-order chi connectivity index (χ1) is 12.7. The number of nitrogens with zero attached hydrogens (tertiary/aromatic N) is 2. The Morgan fingerprint density at radius 1 is 1.19 bits per heavy atom. The second-order valence-corrected chi connectivity index (χ2v) is 6.48. The Bertz CT molecular complexity index is 914. The van der Waals surface area contributed by atoms with E-state index >= 15 is 0 Å². The van der Waals surface area contributed by atoms with Crippen LogP contribution in [0.2, 0.25) is 0 Å². The largest absolute Gasteiger partial charge is 0.497 e. The van der Waals surface area contributed by atoms with Gasteiger partial charge in [0.25, 0.3) is 5.22 Å². The average Bonchev–Trinajstić information content (AvgIpc) is 3.15. The Kier molecular flexibility index (Phi) is 4.77. The molecule has 134 valence electrons. The molecule has 26 heavy (non-hydrogen) atoms. The van der Waals surface area contributed by atoms with Crippen molar-refractivity contribution in [3.05, 3.63) is 53.3 Å². The molecule has 0 unspecified atom stereocenters. The summed E-state index contributed by atoms with van der Waals surface area (Å²) in [6.07, 6.45) is 0. The van der Waals surface area contributed by atoms with Crippen LogP contribution in [-0.4, -0.2) is 24.1 Å². The van der Waals surface area contributed by atoms with Gasteiger partial charge in [0.05, 0.1) is 13.7 Å². The minimum Gasteiger partial charge on any atom is -0.497 e. The van der Waals surface area contributed by atoms with Gasteiger partial charge in [0.1, 0.15) is 17.3 Å². The van der Waals surface area contributed by atoms with Crippen molar-refractivity contribution in [2.24, 2.45) is 0 Å². The van der Waals surface area contributed by atoms with Gasteiger partial charge in [-0.05, 0) is 36.4 Å². The lowest BCUT2D eigenvalue weighted by Gasteiger charge is -2.20. The highest BCUT2D eigenvalue weighted by Crippen LogP contribution is 2.34. The number of ether oxygens (including phenoxy) is 3. The molecular formula is C18H15FN2O4S. The van der Waals surface area contributed by atoms with Crippen LogP contribution in [-0.2, 0) is 17.1 Å². The number of rotatable bonds is 5. The second-order valence-electron chi connectivity index (χ2n) is 5.55. The Balaban J connectivity index is 1.49. The SMILES string of the molecule is COc1ccc(-c2nnc(SCc3cc(F)cc4c3OCOC4)o2)cc1. The second kappa shape index (κ2) is 7.35. The summed E-state index contributed by atoms with van der Waals surface area (Å²) in [5, 5.41) is 8.50. The minimum absolute atomic E-state index is 0.165. The molecule has 0 spiro atoms. The molecule has 0 saturated carbocycles. The number of thioether (sulfide) groups is 1. The normalized spacial score (nSPS) is 13.2. The monoisotopic (exact) mass is 374 g/mol. The zero-order valence-electron chi connectivity index (χ0n) is 13.9. The van der Waals surface area contributed by atoms with Crippen LogP contribution in [0.1, 0.15) is 11.1 Å². The zero-order chi connectivity index (χ0) is 17.9. The van der Waals surface area contributed by atoms with Crippen molar-refractivity contribution in [3.63, 3.8) is 0 Å². The summed E-state index contributed by atoms with van der Waals surface area (Å²) in [5.74, 6) is 1.96. The molecule has 2 aromatic carbocycles. The topological polar surface area (TPSA) is 66.6 Å². The summed E-state index contributed by atoms with van der Waals surface area (Å²) >= 11 is 1.33. The Labute approximate surface area is 153 Å². The maximum absolute atomic E-state index is 13.8. The van der Waals surface area contributed by atoms with E-state index in [4.69, 9.17) is 18.6 Å². The van der Waals surface area contributed by atoms with Crippen LogP contribution in [0, 0.1) is 5.82 Å². The van der Waals surface area contributed by atoms with Crippen LogP contribution < -0.4 is 9.47 Å². The van der Waals surface area contributed by atoms with Crippen molar-refractivity contribution in [2.45, 2.75) is 17.6 Å². The van der Waals surface area contributed by atoms with Gasteiger partial charge in [0.15, 0.2) is 6.79 Å². The lowest BCUT2D eigenvalue weighted by Crippen LogP contribution is -2.13. The summed E-state index contributed by atoms with van der Waals surface area (Å²) in [4.78, 5) is 0. The van der Waals surface area contributed by atoms with Gasteiger partial charge in [0.2, 0.25) is 5.89 Å². The number of hydrogen-bond acceptors (Lipinski definition) is 7. The van der Waals surface area contributed by atoms with Crippen LogP contribution in [0.3, 0.4) is 0 Å². The van der Waals surface area contributed by atoms with Crippen LogP contribution in [0.5, 0.6) is 11.5 Å². The molecule has 0 atom stereocenters. The third kappa shape index (κ3) is 3.51. The highest BCUT2D eigenvalue weighted by Gasteiger charge is 2.18. The van der Waals surface area contributed by atoms with Crippen molar-refractivity contribution in [1.29, 1.82) is 0 Å². The minimum atomic E-state index is -0.321. The fraction of sp³-hybridized carbons (Fsp3) is 0.222. The number of hydrogen-bond donors (Lipinski definition) is 0. The van der Waals surface area contributed by atoms with E-state index in [1.807, 2.05) is 24.3 Å². The maximum atomic E-state index is 13.8. The summed E-state index contributed by atoms with van der Waals surface area (Å²) in [6.45, 7) is 0.505. The lowest BCUT2D eigenvalue weighted by molar-refractivity contribution is -0.0171. The molecule has 0 saturated heterocycles. The quantitative estimate of drug-likeness (QED) is 0.624. The molecule has 1 aromatic heterocycles. The third-order valence-corrected chi connectivity index (χ3v) is 4.71. The van der Waals surface area contributed by atoms with E-state index in [-0.39, 0.29) is 12.6 Å². The van der Waals surface area contributed by atoms with E-state index in [1.54, 1.807) is 7.11 Å². The first-order valence-corrected chi connectivity index (χ1v) is 8.84. The number of halogens is 1. The van der Waals surface area contributed by atoms with Gasteiger partial charge in [-0.3, -0.25) is 0 Å². The van der Waals surface area contributed by atoms with Gasteiger partial charge in [-0.25, -0.2) is 4.39 Å². The van der Waals surface area contributed by atoms with Crippen LogP contribution >= 0.6 is 11.8 Å². The average molecular weight is 374 g/mol. The molecular weight excluding hydrogens is 359 g/mol. The van der Waals surface area contributed by atoms with Gasteiger partial charge in [-0.1, -0.05) is 11.8 Å². The lowest BCUT2D eigenvalue weighted by atomic mass is 10.1. The molecule has 2 heterocycles. The Morgan fingerprint density at radius 3 is 2.85 bits per heavy atom. The Morgan fingerprint density at radius 2 is 2.04 bits per heavy atom. The maximum Gasteiger partial charge on any atom is 0.277 e. The van der Waals surface area contributed by atoms with E-state index < -0.39 is 0 Å². The summed E-state index contributed by atoms with van der Waals surface area (Å²) in [5.41, 5.74) is 2.24.